The highest BCUT2D eigenvalue weighted by molar-refractivity contribution is 6.04. The van der Waals surface area contributed by atoms with E-state index in [1.807, 2.05) is 18.2 Å². The Balaban J connectivity index is 2.36. The highest BCUT2D eigenvalue weighted by atomic mass is 16.6. The lowest BCUT2D eigenvalue weighted by molar-refractivity contribution is -0.172. The van der Waals surface area contributed by atoms with Crippen LogP contribution in [-0.4, -0.2) is 50.0 Å². The lowest BCUT2D eigenvalue weighted by Gasteiger charge is -2.33. The predicted molar refractivity (Wildman–Crippen MR) is 137 cm³/mol. The van der Waals surface area contributed by atoms with Gasteiger partial charge in [0, 0.05) is 12.5 Å². The molecule has 7 heteroatoms. The summed E-state index contributed by atoms with van der Waals surface area (Å²) in [6.45, 7) is 12.1. The molecule has 2 atom stereocenters. The van der Waals surface area contributed by atoms with E-state index in [1.54, 1.807) is 34.8 Å². The van der Waals surface area contributed by atoms with Crippen molar-refractivity contribution in [1.29, 1.82) is 0 Å². The molecule has 35 heavy (non-hydrogen) atoms. The lowest BCUT2D eigenvalue weighted by atomic mass is 9.78. The molecular formula is C28H41NO6. The average molecular weight is 488 g/mol. The molecule has 2 rings (SSSR count). The van der Waals surface area contributed by atoms with Crippen molar-refractivity contribution < 1.29 is 28.5 Å². The van der Waals surface area contributed by atoms with Crippen LogP contribution in [0.2, 0.25) is 0 Å². The van der Waals surface area contributed by atoms with Crippen molar-refractivity contribution in [1.82, 2.24) is 0 Å². The molecule has 0 aliphatic heterocycles. The first kappa shape index (κ1) is 28.6. The summed E-state index contributed by atoms with van der Waals surface area (Å²) < 4.78 is 21.7. The van der Waals surface area contributed by atoms with Crippen molar-refractivity contribution in [3.05, 3.63) is 42.0 Å². The summed E-state index contributed by atoms with van der Waals surface area (Å²) in [4.78, 5) is 25.9. The molecule has 2 N–H and O–H groups in total. The summed E-state index contributed by atoms with van der Waals surface area (Å²) in [6.07, 6.45) is 0.740. The first-order valence-electron chi connectivity index (χ1n) is 12.2. The number of esters is 2. The monoisotopic (exact) mass is 487 g/mol. The summed E-state index contributed by atoms with van der Waals surface area (Å²) >= 11 is 0. The van der Waals surface area contributed by atoms with Crippen LogP contribution in [-0.2, 0) is 30.2 Å². The Morgan fingerprint density at radius 2 is 1.74 bits per heavy atom. The molecule has 0 radical (unpaired) electrons. The molecule has 0 aliphatic carbocycles. The van der Waals surface area contributed by atoms with Gasteiger partial charge in [-0.2, -0.15) is 0 Å². The van der Waals surface area contributed by atoms with Gasteiger partial charge in [0.05, 0.1) is 13.2 Å². The number of hydrogen-bond donors (Lipinski definition) is 1. The molecule has 0 fully saturated rings. The van der Waals surface area contributed by atoms with E-state index in [4.69, 9.17) is 24.7 Å². The van der Waals surface area contributed by atoms with Crippen molar-refractivity contribution in [2.45, 2.75) is 65.5 Å². The predicted octanol–water partition coefficient (Wildman–Crippen LogP) is 4.67. The second-order valence-corrected chi connectivity index (χ2v) is 10.3. The molecule has 0 saturated carbocycles. The molecule has 0 bridgehead atoms. The Morgan fingerprint density at radius 1 is 1.03 bits per heavy atom. The quantitative estimate of drug-likeness (QED) is 0.264. The summed E-state index contributed by atoms with van der Waals surface area (Å²) in [5.74, 6) is -0.653. The van der Waals surface area contributed by atoms with Crippen LogP contribution in [0.15, 0.2) is 36.4 Å². The molecule has 2 unspecified atom stereocenters. The number of rotatable bonds is 12. The van der Waals surface area contributed by atoms with Crippen LogP contribution >= 0.6 is 0 Å². The van der Waals surface area contributed by atoms with Crippen LogP contribution in [0.5, 0.6) is 5.75 Å². The molecule has 2 aromatic rings. The maximum atomic E-state index is 13.1. The van der Waals surface area contributed by atoms with Crippen LogP contribution in [0.4, 0.5) is 0 Å². The third-order valence-corrected chi connectivity index (χ3v) is 5.88. The van der Waals surface area contributed by atoms with E-state index in [-0.39, 0.29) is 24.9 Å². The molecule has 0 saturated heterocycles. The van der Waals surface area contributed by atoms with Crippen molar-refractivity contribution in [2.24, 2.45) is 17.6 Å². The van der Waals surface area contributed by atoms with E-state index < -0.39 is 23.1 Å². The largest absolute Gasteiger partial charge is 0.491 e. The maximum Gasteiger partial charge on any atom is 0.338 e. The van der Waals surface area contributed by atoms with Crippen LogP contribution in [0, 0.1) is 11.8 Å². The molecule has 0 amide bonds. The molecule has 7 nitrogen and oxygen atoms in total. The standard InChI is InChI=1S/C28H41NO6/c1-8-33-25(30)28(29,26(31)35-27(4,5)6)18-22(19(2)3)16-20-12-13-21-10-9-11-24(23(21)17-20)34-15-14-32-7/h9-13,17,19,22H,8,14-16,18,29H2,1-7H3. The molecule has 194 valence electrons. The van der Waals surface area contributed by atoms with Crippen molar-refractivity contribution >= 4 is 22.7 Å². The smallest absolute Gasteiger partial charge is 0.338 e. The van der Waals surface area contributed by atoms with Crippen molar-refractivity contribution in [3.8, 4) is 5.75 Å². The van der Waals surface area contributed by atoms with E-state index in [1.165, 1.54) is 0 Å². The number of carbonyl (C=O) groups is 2. The van der Waals surface area contributed by atoms with E-state index in [2.05, 4.69) is 32.0 Å². The minimum Gasteiger partial charge on any atom is -0.491 e. The summed E-state index contributed by atoms with van der Waals surface area (Å²) in [5, 5.41) is 2.07. The van der Waals surface area contributed by atoms with E-state index in [0.717, 1.165) is 22.1 Å². The maximum absolute atomic E-state index is 13.1. The fourth-order valence-corrected chi connectivity index (χ4v) is 3.92. The van der Waals surface area contributed by atoms with Gasteiger partial charge in [0.1, 0.15) is 18.0 Å². The van der Waals surface area contributed by atoms with Gasteiger partial charge in [-0.05, 0) is 75.5 Å². The van der Waals surface area contributed by atoms with Gasteiger partial charge in [0.25, 0.3) is 0 Å². The molecule has 0 aromatic heterocycles. The van der Waals surface area contributed by atoms with E-state index in [0.29, 0.717) is 19.6 Å². The zero-order valence-electron chi connectivity index (χ0n) is 22.2. The number of carbonyl (C=O) groups excluding carboxylic acids is 2. The second-order valence-electron chi connectivity index (χ2n) is 10.3. The Morgan fingerprint density at radius 3 is 2.34 bits per heavy atom. The van der Waals surface area contributed by atoms with E-state index >= 15 is 0 Å². The Labute approximate surface area is 209 Å². The van der Waals surface area contributed by atoms with Gasteiger partial charge in [0.2, 0.25) is 5.54 Å². The van der Waals surface area contributed by atoms with E-state index in [9.17, 15) is 9.59 Å². The number of benzene rings is 2. The minimum absolute atomic E-state index is 0.0732. The van der Waals surface area contributed by atoms with Gasteiger partial charge < -0.3 is 24.7 Å². The fourth-order valence-electron chi connectivity index (χ4n) is 3.92. The van der Waals surface area contributed by atoms with Gasteiger partial charge in [-0.3, -0.25) is 0 Å². The number of ether oxygens (including phenoxy) is 4. The first-order chi connectivity index (χ1) is 16.4. The van der Waals surface area contributed by atoms with Crippen LogP contribution in [0.1, 0.15) is 53.5 Å². The molecule has 0 spiro atoms. The zero-order valence-corrected chi connectivity index (χ0v) is 22.2. The summed E-state index contributed by atoms with van der Waals surface area (Å²) in [5.41, 5.74) is 4.87. The van der Waals surface area contributed by atoms with Gasteiger partial charge in [-0.15, -0.1) is 0 Å². The molecular weight excluding hydrogens is 446 g/mol. The van der Waals surface area contributed by atoms with Crippen LogP contribution in [0.3, 0.4) is 0 Å². The van der Waals surface area contributed by atoms with Gasteiger partial charge >= 0.3 is 11.9 Å². The van der Waals surface area contributed by atoms with Gasteiger partial charge in [0.15, 0.2) is 0 Å². The highest BCUT2D eigenvalue weighted by Gasteiger charge is 2.48. The lowest BCUT2D eigenvalue weighted by Crippen LogP contribution is -2.59. The third-order valence-electron chi connectivity index (χ3n) is 5.88. The molecule has 2 aromatic carbocycles. The Hall–Kier alpha value is -2.64. The second kappa shape index (κ2) is 12.4. The van der Waals surface area contributed by atoms with Crippen LogP contribution < -0.4 is 10.5 Å². The van der Waals surface area contributed by atoms with Crippen molar-refractivity contribution in [3.63, 3.8) is 0 Å². The minimum atomic E-state index is -1.89. The van der Waals surface area contributed by atoms with Crippen molar-refractivity contribution in [2.75, 3.05) is 26.9 Å². The first-order valence-corrected chi connectivity index (χ1v) is 12.2. The third kappa shape index (κ3) is 7.94. The number of fused-ring (bicyclic) bond motifs is 1. The number of hydrogen-bond acceptors (Lipinski definition) is 7. The topological polar surface area (TPSA) is 97.1 Å². The fraction of sp³-hybridized carbons (Fsp3) is 0.571. The number of methoxy groups -OCH3 is 1. The molecule has 0 heterocycles. The average Bonchev–Trinajstić information content (AvgIpc) is 2.77. The highest BCUT2D eigenvalue weighted by Crippen LogP contribution is 2.32. The van der Waals surface area contributed by atoms with Gasteiger partial charge in [-0.25, -0.2) is 9.59 Å². The van der Waals surface area contributed by atoms with Crippen LogP contribution in [0.25, 0.3) is 10.8 Å². The number of nitrogens with two attached hydrogens (primary N) is 1. The SMILES string of the molecule is CCOC(=O)C(N)(CC(Cc1ccc2cccc(OCCOC)c2c1)C(C)C)C(=O)OC(C)(C)C. The zero-order chi connectivity index (χ0) is 26.2. The normalized spacial score (nSPS) is 14.4. The molecule has 0 aliphatic rings. The Bertz CT molecular complexity index is 997. The Kier molecular flexibility index (Phi) is 10.1. The summed E-state index contributed by atoms with van der Waals surface area (Å²) in [6, 6.07) is 12.2. The van der Waals surface area contributed by atoms with Gasteiger partial charge in [-0.1, -0.05) is 38.1 Å². The summed E-state index contributed by atoms with van der Waals surface area (Å²) in [7, 11) is 1.64.